The Bertz CT molecular complexity index is 1070. The summed E-state index contributed by atoms with van der Waals surface area (Å²) in [6.45, 7) is 13.4. The number of carbonyl (C=O) groups is 3. The summed E-state index contributed by atoms with van der Waals surface area (Å²) >= 11 is 1.91. The molecule has 10 nitrogen and oxygen atoms in total. The van der Waals surface area contributed by atoms with Gasteiger partial charge < -0.3 is 25.7 Å². The van der Waals surface area contributed by atoms with Gasteiger partial charge in [0.1, 0.15) is 0 Å². The van der Waals surface area contributed by atoms with E-state index < -0.39 is 36.4 Å². The Morgan fingerprint density at radius 2 is 1.58 bits per heavy atom. The molecule has 38 heavy (non-hydrogen) atoms. The number of pyridine rings is 1. The molecule has 2 aromatic rings. The molecular weight excluding hydrogens is 510 g/mol. The average molecular weight is 550 g/mol. The molecule has 2 aromatic heterocycles. The van der Waals surface area contributed by atoms with Crippen molar-refractivity contribution in [2.75, 3.05) is 0 Å². The number of thiophene rings is 1. The van der Waals surface area contributed by atoms with Gasteiger partial charge in [-0.05, 0) is 71.7 Å². The standard InChI is InChI=1S/C21H31N3S.C6H8O7/c1-16-9-10-19(25-16)15-24(14-17-8-6-7-11-22-17)18-12-20(2,3)23-21(4,5)13-18;7-3(8)1-6(13,5(11)12)2-4(9)10/h6-11,18,23H,12-15H2,1-5H3;13H,1-2H2,(H,7,8)(H,9,10)(H,11,12). The summed E-state index contributed by atoms with van der Waals surface area (Å²) in [5.74, 6) is -5.02. The minimum absolute atomic E-state index is 0.153. The highest BCUT2D eigenvalue weighted by Gasteiger charge is 2.41. The first-order chi connectivity index (χ1) is 17.5. The minimum Gasteiger partial charge on any atom is -0.481 e. The van der Waals surface area contributed by atoms with Crippen LogP contribution in [0.1, 0.15) is 68.8 Å². The molecule has 1 fully saturated rings. The van der Waals surface area contributed by atoms with Crippen LogP contribution in [0.4, 0.5) is 0 Å². The predicted octanol–water partition coefficient (Wildman–Crippen LogP) is 3.51. The number of aliphatic carboxylic acids is 3. The number of rotatable bonds is 10. The number of hydrogen-bond acceptors (Lipinski definition) is 8. The number of aromatic nitrogens is 1. The summed E-state index contributed by atoms with van der Waals surface area (Å²) in [6.07, 6.45) is 1.93. The largest absolute Gasteiger partial charge is 0.481 e. The van der Waals surface area contributed by atoms with Gasteiger partial charge in [-0.15, -0.1) is 11.3 Å². The van der Waals surface area contributed by atoms with Crippen molar-refractivity contribution < 1.29 is 34.8 Å². The van der Waals surface area contributed by atoms with Gasteiger partial charge in [0.05, 0.1) is 18.5 Å². The molecule has 0 spiro atoms. The van der Waals surface area contributed by atoms with Gasteiger partial charge >= 0.3 is 17.9 Å². The van der Waals surface area contributed by atoms with E-state index >= 15 is 0 Å². The number of carboxylic acid groups (broad SMARTS) is 3. The van der Waals surface area contributed by atoms with Gasteiger partial charge in [0.2, 0.25) is 0 Å². The molecule has 0 saturated carbocycles. The molecule has 1 saturated heterocycles. The smallest absolute Gasteiger partial charge is 0.336 e. The lowest BCUT2D eigenvalue weighted by Crippen LogP contribution is -2.62. The van der Waals surface area contributed by atoms with Crippen LogP contribution in [0.2, 0.25) is 0 Å². The fraction of sp³-hybridized carbons (Fsp3) is 0.556. The van der Waals surface area contributed by atoms with Crippen LogP contribution in [-0.4, -0.2) is 70.9 Å². The number of aliphatic hydroxyl groups is 1. The van der Waals surface area contributed by atoms with Crippen LogP contribution in [0.25, 0.3) is 0 Å². The number of carboxylic acids is 3. The lowest BCUT2D eigenvalue weighted by molar-refractivity contribution is -0.170. The van der Waals surface area contributed by atoms with E-state index in [1.165, 1.54) is 9.75 Å². The van der Waals surface area contributed by atoms with Crippen molar-refractivity contribution in [3.8, 4) is 0 Å². The Morgan fingerprint density at radius 1 is 1.00 bits per heavy atom. The molecule has 0 aromatic carbocycles. The maximum atomic E-state index is 10.3. The summed E-state index contributed by atoms with van der Waals surface area (Å²) in [4.78, 5) is 40.5. The van der Waals surface area contributed by atoms with Crippen LogP contribution in [0.3, 0.4) is 0 Å². The first kappa shape index (κ1) is 31.4. The van der Waals surface area contributed by atoms with Crippen LogP contribution < -0.4 is 5.32 Å². The van der Waals surface area contributed by atoms with Crippen molar-refractivity contribution in [3.05, 3.63) is 52.0 Å². The van der Waals surface area contributed by atoms with Crippen LogP contribution in [0.15, 0.2) is 36.5 Å². The van der Waals surface area contributed by atoms with Crippen molar-refractivity contribution >= 4 is 29.2 Å². The van der Waals surface area contributed by atoms with Crippen molar-refractivity contribution in [3.63, 3.8) is 0 Å². The van der Waals surface area contributed by atoms with Crippen LogP contribution in [0.5, 0.6) is 0 Å². The molecule has 3 rings (SSSR count). The van der Waals surface area contributed by atoms with E-state index in [2.05, 4.69) is 74.1 Å². The molecule has 0 amide bonds. The Balaban J connectivity index is 0.000000332. The van der Waals surface area contributed by atoms with E-state index in [1.807, 2.05) is 23.6 Å². The number of piperidine rings is 1. The zero-order valence-electron chi connectivity index (χ0n) is 22.6. The summed E-state index contributed by atoms with van der Waals surface area (Å²) in [7, 11) is 0. The van der Waals surface area contributed by atoms with E-state index in [-0.39, 0.29) is 11.1 Å². The van der Waals surface area contributed by atoms with Gasteiger partial charge in [-0.25, -0.2) is 4.79 Å². The van der Waals surface area contributed by atoms with E-state index in [1.54, 1.807) is 0 Å². The third-order valence-corrected chi connectivity index (χ3v) is 7.20. The summed E-state index contributed by atoms with van der Waals surface area (Å²) < 4.78 is 0. The molecule has 3 heterocycles. The van der Waals surface area contributed by atoms with E-state index in [4.69, 9.17) is 20.4 Å². The van der Waals surface area contributed by atoms with E-state index in [9.17, 15) is 14.4 Å². The average Bonchev–Trinajstić information content (AvgIpc) is 3.15. The minimum atomic E-state index is -2.74. The maximum absolute atomic E-state index is 10.3. The highest BCUT2D eigenvalue weighted by atomic mass is 32.1. The third-order valence-electron chi connectivity index (χ3n) is 6.22. The molecular formula is C27H39N3O7S. The monoisotopic (exact) mass is 549 g/mol. The van der Waals surface area contributed by atoms with Gasteiger partial charge in [-0.2, -0.15) is 0 Å². The second-order valence-corrected chi connectivity index (χ2v) is 12.5. The highest BCUT2D eigenvalue weighted by Crippen LogP contribution is 2.33. The number of aryl methyl sites for hydroxylation is 1. The summed E-state index contributed by atoms with van der Waals surface area (Å²) in [6, 6.07) is 11.3. The molecule has 0 radical (unpaired) electrons. The van der Waals surface area contributed by atoms with Gasteiger partial charge in [0.15, 0.2) is 5.60 Å². The van der Waals surface area contributed by atoms with E-state index in [0.29, 0.717) is 6.04 Å². The predicted molar refractivity (Wildman–Crippen MR) is 144 cm³/mol. The van der Waals surface area contributed by atoms with Gasteiger partial charge in [0, 0.05) is 46.2 Å². The van der Waals surface area contributed by atoms with Gasteiger partial charge in [-0.1, -0.05) is 6.07 Å². The molecule has 210 valence electrons. The third kappa shape index (κ3) is 10.1. The second kappa shape index (κ2) is 12.8. The van der Waals surface area contributed by atoms with Gasteiger partial charge in [0.25, 0.3) is 0 Å². The fourth-order valence-corrected chi connectivity index (χ4v) is 5.94. The topological polar surface area (TPSA) is 160 Å². The quantitative estimate of drug-likeness (QED) is 0.297. The zero-order valence-corrected chi connectivity index (χ0v) is 23.4. The zero-order chi connectivity index (χ0) is 28.7. The summed E-state index contributed by atoms with van der Waals surface area (Å²) in [5, 5.41) is 37.6. The van der Waals surface area contributed by atoms with Crippen molar-refractivity contribution in [1.29, 1.82) is 0 Å². The normalized spacial score (nSPS) is 16.9. The van der Waals surface area contributed by atoms with Crippen LogP contribution >= 0.6 is 11.3 Å². The van der Waals surface area contributed by atoms with Gasteiger partial charge in [-0.3, -0.25) is 19.5 Å². The molecule has 11 heteroatoms. The second-order valence-electron chi connectivity index (χ2n) is 11.2. The molecule has 1 aliphatic heterocycles. The van der Waals surface area contributed by atoms with Crippen LogP contribution in [0, 0.1) is 6.92 Å². The Morgan fingerprint density at radius 3 is 2.00 bits per heavy atom. The lowest BCUT2D eigenvalue weighted by Gasteiger charge is -2.49. The number of hydrogen-bond donors (Lipinski definition) is 5. The SMILES string of the molecule is Cc1ccc(CN(Cc2ccccn2)C2CC(C)(C)NC(C)(C)C2)s1.O=C(O)CC(O)(CC(=O)O)C(=O)O. The van der Waals surface area contributed by atoms with Crippen LogP contribution in [-0.2, 0) is 27.5 Å². The fourth-order valence-electron chi connectivity index (χ4n) is 5.02. The molecule has 5 N–H and O–H groups in total. The molecule has 0 atom stereocenters. The molecule has 0 unspecified atom stereocenters. The van der Waals surface area contributed by atoms with E-state index in [0.717, 1.165) is 31.6 Å². The van der Waals surface area contributed by atoms with Crippen molar-refractivity contribution in [2.24, 2.45) is 0 Å². The number of nitrogens with zero attached hydrogens (tertiary/aromatic N) is 2. The Hall–Kier alpha value is -2.86. The molecule has 0 bridgehead atoms. The first-order valence-corrected chi connectivity index (χ1v) is 13.2. The van der Waals surface area contributed by atoms with Crippen molar-refractivity contribution in [1.82, 2.24) is 15.2 Å². The first-order valence-electron chi connectivity index (χ1n) is 12.4. The molecule has 0 aliphatic carbocycles. The lowest BCUT2D eigenvalue weighted by atomic mass is 9.79. The molecule has 1 aliphatic rings. The summed E-state index contributed by atoms with van der Waals surface area (Å²) in [5.41, 5.74) is -1.28. The number of nitrogens with one attached hydrogen (secondary N) is 1. The van der Waals surface area contributed by atoms with Crippen molar-refractivity contribution in [2.45, 2.75) is 96.1 Å². The maximum Gasteiger partial charge on any atom is 0.336 e. The Labute approximate surface area is 227 Å². The highest BCUT2D eigenvalue weighted by molar-refractivity contribution is 7.11. The Kier molecular flexibility index (Phi) is 10.6.